The third-order valence-electron chi connectivity index (χ3n) is 4.30. The second-order valence-corrected chi connectivity index (χ2v) is 6.89. The van der Waals surface area contributed by atoms with E-state index in [9.17, 15) is 14.0 Å². The third-order valence-corrected chi connectivity index (χ3v) is 4.30. The number of hydrogen-bond acceptors (Lipinski definition) is 5. The maximum absolute atomic E-state index is 13.1. The van der Waals surface area contributed by atoms with Crippen LogP contribution in [0.4, 0.5) is 4.39 Å². The fourth-order valence-corrected chi connectivity index (χ4v) is 2.81. The summed E-state index contributed by atoms with van der Waals surface area (Å²) in [6, 6.07) is 5.76. The number of aromatic nitrogens is 4. The van der Waals surface area contributed by atoms with Crippen molar-refractivity contribution in [1.29, 1.82) is 0 Å². The van der Waals surface area contributed by atoms with Crippen LogP contribution in [-0.2, 0) is 16.1 Å². The van der Waals surface area contributed by atoms with Crippen LogP contribution in [0, 0.1) is 5.82 Å². The molecule has 3 rings (SSSR count). The lowest BCUT2D eigenvalue weighted by Gasteiger charge is -2.09. The van der Waals surface area contributed by atoms with Gasteiger partial charge < -0.3 is 10.1 Å². The molecule has 0 aliphatic heterocycles. The van der Waals surface area contributed by atoms with Gasteiger partial charge in [-0.25, -0.2) is 14.1 Å². The van der Waals surface area contributed by atoms with Gasteiger partial charge in [-0.1, -0.05) is 0 Å². The first-order valence-corrected chi connectivity index (χ1v) is 9.53. The number of carbonyl (C=O) groups excluding carboxylic acids is 1. The van der Waals surface area contributed by atoms with Crippen LogP contribution in [0.25, 0.3) is 16.7 Å². The molecule has 2 heterocycles. The Labute approximate surface area is 167 Å². The molecule has 0 saturated carbocycles. The van der Waals surface area contributed by atoms with Crippen LogP contribution in [0.1, 0.15) is 26.7 Å². The lowest BCUT2D eigenvalue weighted by Crippen LogP contribution is -2.28. The van der Waals surface area contributed by atoms with Crippen molar-refractivity contribution in [3.05, 3.63) is 53.0 Å². The first kappa shape index (κ1) is 20.7. The van der Waals surface area contributed by atoms with Gasteiger partial charge in [-0.2, -0.15) is 5.10 Å². The van der Waals surface area contributed by atoms with E-state index in [0.29, 0.717) is 29.9 Å². The van der Waals surface area contributed by atoms with Crippen LogP contribution in [0.15, 0.2) is 41.6 Å². The molecular weight excluding hydrogens is 377 g/mol. The molecule has 0 aliphatic rings. The highest BCUT2D eigenvalue weighted by molar-refractivity contribution is 5.76. The van der Waals surface area contributed by atoms with E-state index in [2.05, 4.69) is 15.4 Å². The van der Waals surface area contributed by atoms with Gasteiger partial charge in [-0.15, -0.1) is 0 Å². The van der Waals surface area contributed by atoms with Crippen LogP contribution in [-0.4, -0.2) is 44.5 Å². The van der Waals surface area contributed by atoms with E-state index in [1.54, 1.807) is 12.1 Å². The summed E-state index contributed by atoms with van der Waals surface area (Å²) in [5, 5.41) is 7.34. The van der Waals surface area contributed by atoms with Crippen LogP contribution in [0.2, 0.25) is 0 Å². The maximum Gasteiger partial charge on any atom is 0.264 e. The Kier molecular flexibility index (Phi) is 6.71. The molecule has 0 saturated heterocycles. The van der Waals surface area contributed by atoms with Crippen molar-refractivity contribution in [1.82, 2.24) is 24.6 Å². The van der Waals surface area contributed by atoms with Gasteiger partial charge in [0.15, 0.2) is 5.65 Å². The second-order valence-electron chi connectivity index (χ2n) is 6.89. The minimum atomic E-state index is -0.355. The van der Waals surface area contributed by atoms with Crippen LogP contribution < -0.4 is 10.9 Å². The molecule has 0 spiro atoms. The lowest BCUT2D eigenvalue weighted by atomic mass is 10.3. The number of nitrogens with zero attached hydrogens (tertiary/aromatic N) is 4. The zero-order valence-corrected chi connectivity index (χ0v) is 16.5. The molecule has 2 aromatic heterocycles. The van der Waals surface area contributed by atoms with Gasteiger partial charge in [0.2, 0.25) is 5.91 Å². The number of ether oxygens (including phenoxy) is 1. The van der Waals surface area contributed by atoms with Gasteiger partial charge in [0.05, 0.1) is 24.3 Å². The predicted octanol–water partition coefficient (Wildman–Crippen LogP) is 2.04. The summed E-state index contributed by atoms with van der Waals surface area (Å²) in [6.07, 6.45) is 3.91. The van der Waals surface area contributed by atoms with Crippen molar-refractivity contribution in [3.8, 4) is 5.69 Å². The van der Waals surface area contributed by atoms with E-state index < -0.39 is 0 Å². The quantitative estimate of drug-likeness (QED) is 0.554. The molecule has 0 bridgehead atoms. The van der Waals surface area contributed by atoms with E-state index in [-0.39, 0.29) is 36.4 Å². The lowest BCUT2D eigenvalue weighted by molar-refractivity contribution is -0.121. The first-order chi connectivity index (χ1) is 14.0. The summed E-state index contributed by atoms with van der Waals surface area (Å²) in [6.45, 7) is 5.27. The average molecular weight is 401 g/mol. The smallest absolute Gasteiger partial charge is 0.264 e. The predicted molar refractivity (Wildman–Crippen MR) is 106 cm³/mol. The van der Waals surface area contributed by atoms with E-state index >= 15 is 0 Å². The highest BCUT2D eigenvalue weighted by atomic mass is 19.1. The van der Waals surface area contributed by atoms with Gasteiger partial charge in [-0.3, -0.25) is 14.2 Å². The summed E-state index contributed by atoms with van der Waals surface area (Å²) in [5.41, 5.74) is 0.709. The normalized spacial score (nSPS) is 11.3. The number of fused-ring (bicyclic) bond motifs is 1. The van der Waals surface area contributed by atoms with Crippen LogP contribution in [0.3, 0.4) is 0 Å². The SMILES string of the molecule is CC(C)OCCCNC(=O)CCn1cnc2c(cnn2-c2ccc(F)cc2)c1=O. The van der Waals surface area contributed by atoms with Crippen LogP contribution >= 0.6 is 0 Å². The van der Waals surface area contributed by atoms with Gasteiger partial charge in [0.25, 0.3) is 5.56 Å². The topological polar surface area (TPSA) is 91.0 Å². The minimum Gasteiger partial charge on any atom is -0.379 e. The molecule has 0 atom stereocenters. The molecule has 0 aliphatic carbocycles. The molecule has 1 aromatic carbocycles. The third kappa shape index (κ3) is 5.26. The summed E-state index contributed by atoms with van der Waals surface area (Å²) < 4.78 is 21.4. The average Bonchev–Trinajstić information content (AvgIpc) is 3.12. The molecule has 1 N–H and O–H groups in total. The Hall–Kier alpha value is -3.07. The number of aryl methyl sites for hydroxylation is 1. The fraction of sp³-hybridized carbons (Fsp3) is 0.400. The number of carbonyl (C=O) groups is 1. The maximum atomic E-state index is 13.1. The van der Waals surface area contributed by atoms with Gasteiger partial charge >= 0.3 is 0 Å². The highest BCUT2D eigenvalue weighted by Gasteiger charge is 2.12. The largest absolute Gasteiger partial charge is 0.379 e. The monoisotopic (exact) mass is 401 g/mol. The molecule has 3 aromatic rings. The van der Waals surface area contributed by atoms with Crippen molar-refractivity contribution in [3.63, 3.8) is 0 Å². The molecule has 9 heteroatoms. The molecule has 0 unspecified atom stereocenters. The van der Waals surface area contributed by atoms with Crippen molar-refractivity contribution in [2.75, 3.05) is 13.2 Å². The second kappa shape index (κ2) is 9.42. The standard InChI is InChI=1S/C20H24FN5O3/c1-14(2)29-11-3-9-22-18(27)8-10-25-13-23-19-17(20(25)28)12-24-26(19)16-6-4-15(21)5-7-16/h4-7,12-14H,3,8-11H2,1-2H3,(H,22,27). The summed E-state index contributed by atoms with van der Waals surface area (Å²) in [4.78, 5) is 28.9. The summed E-state index contributed by atoms with van der Waals surface area (Å²) in [7, 11) is 0. The summed E-state index contributed by atoms with van der Waals surface area (Å²) >= 11 is 0. The molecule has 154 valence electrons. The number of halogens is 1. The molecular formula is C20H24FN5O3. The molecule has 1 amide bonds. The van der Waals surface area contributed by atoms with Gasteiger partial charge in [-0.05, 0) is 44.5 Å². The Morgan fingerprint density at radius 2 is 2.03 bits per heavy atom. The number of nitrogens with one attached hydrogen (secondary N) is 1. The first-order valence-electron chi connectivity index (χ1n) is 9.53. The van der Waals surface area contributed by atoms with Gasteiger partial charge in [0.1, 0.15) is 11.2 Å². The molecule has 29 heavy (non-hydrogen) atoms. The number of benzene rings is 1. The molecule has 8 nitrogen and oxygen atoms in total. The van der Waals surface area contributed by atoms with Crippen molar-refractivity contribution in [2.24, 2.45) is 0 Å². The molecule has 0 radical (unpaired) electrons. The summed E-state index contributed by atoms with van der Waals surface area (Å²) in [5.74, 6) is -0.491. The number of rotatable bonds is 9. The molecule has 0 fully saturated rings. The van der Waals surface area contributed by atoms with Gasteiger partial charge in [0, 0.05) is 26.1 Å². The van der Waals surface area contributed by atoms with Crippen LogP contribution in [0.5, 0.6) is 0 Å². The van der Waals surface area contributed by atoms with E-state index in [4.69, 9.17) is 4.74 Å². The zero-order chi connectivity index (χ0) is 20.8. The van der Waals surface area contributed by atoms with Crippen molar-refractivity contribution in [2.45, 2.75) is 39.3 Å². The fourth-order valence-electron chi connectivity index (χ4n) is 2.81. The number of hydrogen-bond donors (Lipinski definition) is 1. The Morgan fingerprint density at radius 3 is 2.76 bits per heavy atom. The van der Waals surface area contributed by atoms with E-state index in [0.717, 1.165) is 6.42 Å². The Morgan fingerprint density at radius 1 is 1.28 bits per heavy atom. The Balaban J connectivity index is 1.61. The van der Waals surface area contributed by atoms with E-state index in [1.165, 1.54) is 33.9 Å². The number of amides is 1. The minimum absolute atomic E-state index is 0.136. The zero-order valence-electron chi connectivity index (χ0n) is 16.5. The van der Waals surface area contributed by atoms with Crippen molar-refractivity contribution < 1.29 is 13.9 Å². The highest BCUT2D eigenvalue weighted by Crippen LogP contribution is 2.14. The van der Waals surface area contributed by atoms with Crippen molar-refractivity contribution >= 4 is 16.9 Å². The Bertz CT molecular complexity index is 1030. The van der Waals surface area contributed by atoms with E-state index in [1.807, 2.05) is 13.8 Å².